The minimum absolute atomic E-state index is 0.182. The topological polar surface area (TPSA) is 29.1 Å². The Morgan fingerprint density at radius 2 is 2.35 bits per heavy atom. The molecular formula is C13H13BrClNO. The highest BCUT2D eigenvalue weighted by Gasteiger charge is 2.11. The number of rotatable bonds is 4. The predicted octanol–water partition coefficient (Wildman–Crippen LogP) is 3.63. The van der Waals surface area contributed by atoms with Gasteiger partial charge in [-0.15, -0.1) is 6.42 Å². The number of hydrogen-bond donors (Lipinski definition) is 1. The van der Waals surface area contributed by atoms with E-state index in [1.54, 1.807) is 18.2 Å². The first-order valence-electron chi connectivity index (χ1n) is 5.30. The molecule has 0 spiro atoms. The number of amides is 1. The molecule has 1 N–H and O–H groups in total. The molecule has 0 aromatic heterocycles. The molecule has 0 aliphatic carbocycles. The van der Waals surface area contributed by atoms with Crippen LogP contribution in [0.3, 0.4) is 0 Å². The summed E-state index contributed by atoms with van der Waals surface area (Å²) >= 11 is 9.13. The molecule has 17 heavy (non-hydrogen) atoms. The molecular weight excluding hydrogens is 302 g/mol. The van der Waals surface area contributed by atoms with Crippen molar-refractivity contribution in [3.63, 3.8) is 0 Å². The zero-order valence-electron chi connectivity index (χ0n) is 9.47. The van der Waals surface area contributed by atoms with Crippen molar-refractivity contribution < 1.29 is 4.79 Å². The zero-order chi connectivity index (χ0) is 12.8. The largest absolute Gasteiger partial charge is 0.338 e. The van der Waals surface area contributed by atoms with E-state index in [0.29, 0.717) is 15.1 Å². The van der Waals surface area contributed by atoms with Gasteiger partial charge in [0.1, 0.15) is 0 Å². The number of terminal acetylenes is 1. The maximum atomic E-state index is 11.9. The van der Waals surface area contributed by atoms with Crippen LogP contribution in [0.2, 0.25) is 5.02 Å². The van der Waals surface area contributed by atoms with Crippen LogP contribution in [0.1, 0.15) is 30.1 Å². The second-order valence-corrected chi connectivity index (χ2v) is 4.87. The molecule has 0 fully saturated rings. The monoisotopic (exact) mass is 313 g/mol. The minimum atomic E-state index is -0.220. The van der Waals surface area contributed by atoms with Gasteiger partial charge in [0.2, 0.25) is 0 Å². The summed E-state index contributed by atoms with van der Waals surface area (Å²) in [5.41, 5.74) is 0.539. The van der Waals surface area contributed by atoms with E-state index in [1.807, 2.05) is 6.92 Å². The molecule has 90 valence electrons. The maximum Gasteiger partial charge on any atom is 0.252 e. The van der Waals surface area contributed by atoms with Gasteiger partial charge in [-0.05, 0) is 40.5 Å². The highest BCUT2D eigenvalue weighted by atomic mass is 79.9. The van der Waals surface area contributed by atoms with Crippen LogP contribution in [0.25, 0.3) is 0 Å². The fraction of sp³-hybridized carbons (Fsp3) is 0.308. The Kier molecular flexibility index (Phi) is 5.54. The molecule has 2 nitrogen and oxygen atoms in total. The van der Waals surface area contributed by atoms with Crippen LogP contribution in [0.4, 0.5) is 0 Å². The van der Waals surface area contributed by atoms with Crippen molar-refractivity contribution >= 4 is 33.4 Å². The molecule has 0 saturated heterocycles. The van der Waals surface area contributed by atoms with Crippen molar-refractivity contribution in [1.29, 1.82) is 0 Å². The third-order valence-corrected chi connectivity index (χ3v) is 3.48. The smallest absolute Gasteiger partial charge is 0.252 e. The van der Waals surface area contributed by atoms with Gasteiger partial charge >= 0.3 is 0 Å². The molecule has 1 amide bonds. The van der Waals surface area contributed by atoms with Gasteiger partial charge in [0.25, 0.3) is 5.91 Å². The Morgan fingerprint density at radius 1 is 1.65 bits per heavy atom. The van der Waals surface area contributed by atoms with Gasteiger partial charge in [0, 0.05) is 10.0 Å². The molecule has 0 saturated carbocycles. The lowest BCUT2D eigenvalue weighted by Crippen LogP contribution is -2.33. The fourth-order valence-corrected chi connectivity index (χ4v) is 1.86. The van der Waals surface area contributed by atoms with Crippen molar-refractivity contribution in [2.24, 2.45) is 0 Å². The van der Waals surface area contributed by atoms with Gasteiger partial charge in [-0.3, -0.25) is 4.79 Å². The molecule has 0 aliphatic rings. The van der Waals surface area contributed by atoms with Gasteiger partial charge < -0.3 is 5.32 Å². The van der Waals surface area contributed by atoms with Crippen LogP contribution < -0.4 is 5.32 Å². The Morgan fingerprint density at radius 3 is 2.88 bits per heavy atom. The van der Waals surface area contributed by atoms with Crippen molar-refractivity contribution in [3.05, 3.63) is 33.3 Å². The van der Waals surface area contributed by atoms with Crippen molar-refractivity contribution in [2.75, 3.05) is 0 Å². The summed E-state index contributed by atoms with van der Waals surface area (Å²) in [6.45, 7) is 2.02. The molecule has 1 rings (SSSR count). The van der Waals surface area contributed by atoms with Crippen LogP contribution in [0, 0.1) is 12.3 Å². The summed E-state index contributed by atoms with van der Waals surface area (Å²) in [5.74, 6) is 2.38. The summed E-state index contributed by atoms with van der Waals surface area (Å²) < 4.78 is 0.694. The summed E-state index contributed by atoms with van der Waals surface area (Å²) in [5, 5.41) is 3.36. The standard InChI is InChI=1S/C13H13BrClNO/c1-3-5-10(4-2)16-13(17)9-6-7-12(15)11(14)8-9/h2,6-8,10H,3,5H2,1H3,(H,16,17). The number of benzene rings is 1. The summed E-state index contributed by atoms with van der Waals surface area (Å²) in [7, 11) is 0. The average Bonchev–Trinajstić information content (AvgIpc) is 2.31. The predicted molar refractivity (Wildman–Crippen MR) is 74.1 cm³/mol. The lowest BCUT2D eigenvalue weighted by Gasteiger charge is -2.12. The Bertz CT molecular complexity index is 453. The van der Waals surface area contributed by atoms with Crippen molar-refractivity contribution in [2.45, 2.75) is 25.8 Å². The third-order valence-electron chi connectivity index (χ3n) is 2.27. The fourth-order valence-electron chi connectivity index (χ4n) is 1.36. The van der Waals surface area contributed by atoms with Gasteiger partial charge in [0.05, 0.1) is 11.1 Å². The van der Waals surface area contributed by atoms with Crippen LogP contribution in [-0.2, 0) is 0 Å². The number of nitrogens with one attached hydrogen (secondary N) is 1. The van der Waals surface area contributed by atoms with E-state index >= 15 is 0 Å². The van der Waals surface area contributed by atoms with E-state index < -0.39 is 0 Å². The second-order valence-electron chi connectivity index (χ2n) is 3.61. The Balaban J connectivity index is 2.76. The van der Waals surface area contributed by atoms with E-state index in [0.717, 1.165) is 12.8 Å². The molecule has 4 heteroatoms. The SMILES string of the molecule is C#CC(CCC)NC(=O)c1ccc(Cl)c(Br)c1. The van der Waals surface area contributed by atoms with E-state index in [1.165, 1.54) is 0 Å². The van der Waals surface area contributed by atoms with Crippen LogP contribution >= 0.6 is 27.5 Å². The van der Waals surface area contributed by atoms with Crippen LogP contribution in [0.15, 0.2) is 22.7 Å². The summed E-state index contributed by atoms with van der Waals surface area (Å²) in [4.78, 5) is 11.9. The van der Waals surface area contributed by atoms with Crippen LogP contribution in [0.5, 0.6) is 0 Å². The number of carbonyl (C=O) groups excluding carboxylic acids is 1. The highest BCUT2D eigenvalue weighted by molar-refractivity contribution is 9.10. The van der Waals surface area contributed by atoms with E-state index in [9.17, 15) is 4.79 Å². The molecule has 0 aliphatic heterocycles. The van der Waals surface area contributed by atoms with Crippen LogP contribution in [-0.4, -0.2) is 11.9 Å². The molecule has 1 aromatic rings. The maximum absolute atomic E-state index is 11.9. The Hall–Kier alpha value is -0.980. The van der Waals surface area contributed by atoms with E-state index in [4.69, 9.17) is 18.0 Å². The molecule has 1 aromatic carbocycles. The first-order valence-corrected chi connectivity index (χ1v) is 6.47. The van der Waals surface area contributed by atoms with Crippen molar-refractivity contribution in [3.8, 4) is 12.3 Å². The van der Waals surface area contributed by atoms with E-state index in [2.05, 4.69) is 27.2 Å². The zero-order valence-corrected chi connectivity index (χ0v) is 11.8. The normalized spacial score (nSPS) is 11.6. The molecule has 1 unspecified atom stereocenters. The van der Waals surface area contributed by atoms with Gasteiger partial charge in [-0.2, -0.15) is 0 Å². The average molecular weight is 315 g/mol. The van der Waals surface area contributed by atoms with Crippen molar-refractivity contribution in [1.82, 2.24) is 5.32 Å². The van der Waals surface area contributed by atoms with Gasteiger partial charge in [0.15, 0.2) is 0 Å². The third kappa shape index (κ3) is 4.07. The van der Waals surface area contributed by atoms with Gasteiger partial charge in [-0.1, -0.05) is 30.9 Å². The molecule has 0 bridgehead atoms. The lowest BCUT2D eigenvalue weighted by atomic mass is 10.1. The molecule has 0 radical (unpaired) electrons. The van der Waals surface area contributed by atoms with E-state index in [-0.39, 0.29) is 11.9 Å². The molecule has 0 heterocycles. The number of hydrogen-bond acceptors (Lipinski definition) is 1. The quantitative estimate of drug-likeness (QED) is 0.845. The minimum Gasteiger partial charge on any atom is -0.338 e. The second kappa shape index (κ2) is 6.68. The summed E-state index contributed by atoms with van der Waals surface area (Å²) in [6, 6.07) is 4.80. The first-order chi connectivity index (χ1) is 8.08. The summed E-state index contributed by atoms with van der Waals surface area (Å²) in [6.07, 6.45) is 7.05. The lowest BCUT2D eigenvalue weighted by molar-refractivity contribution is 0.0944. The highest BCUT2D eigenvalue weighted by Crippen LogP contribution is 2.23. The van der Waals surface area contributed by atoms with Gasteiger partial charge in [-0.25, -0.2) is 0 Å². The first kappa shape index (κ1) is 14.1. The Labute approximate surface area is 115 Å². The molecule has 1 atom stereocenters. The number of halogens is 2. The number of carbonyl (C=O) groups is 1.